The van der Waals surface area contributed by atoms with E-state index in [1.54, 1.807) is 0 Å². The fourth-order valence-electron chi connectivity index (χ4n) is 3.94. The standard InChI is InChI=1S/C15H23N5/c16-19-13-9-14(18-15(17-13)11-6-7-11)20-8-2-4-10-3-1-5-12(10)20/h9-12H,1-8,16H2,(H,17,18,19). The Bertz CT molecular complexity index is 499. The number of hydrazine groups is 1. The van der Waals surface area contributed by atoms with Crippen LogP contribution >= 0.6 is 0 Å². The van der Waals surface area contributed by atoms with Crippen molar-refractivity contribution < 1.29 is 0 Å². The maximum Gasteiger partial charge on any atom is 0.145 e. The fraction of sp³-hybridized carbons (Fsp3) is 0.733. The van der Waals surface area contributed by atoms with Crippen LogP contribution in [0, 0.1) is 5.92 Å². The molecular formula is C15H23N5. The third kappa shape index (κ3) is 2.14. The molecule has 5 heteroatoms. The molecule has 0 spiro atoms. The third-order valence-corrected chi connectivity index (χ3v) is 5.11. The summed E-state index contributed by atoms with van der Waals surface area (Å²) in [5.41, 5.74) is 2.71. The van der Waals surface area contributed by atoms with E-state index in [1.807, 2.05) is 6.07 Å². The number of nitrogens with two attached hydrogens (primary N) is 1. The average molecular weight is 273 g/mol. The molecule has 0 radical (unpaired) electrons. The van der Waals surface area contributed by atoms with Crippen LogP contribution in [-0.4, -0.2) is 22.6 Å². The summed E-state index contributed by atoms with van der Waals surface area (Å²) in [5, 5.41) is 0. The molecule has 1 aromatic rings. The zero-order valence-electron chi connectivity index (χ0n) is 11.9. The smallest absolute Gasteiger partial charge is 0.145 e. The Morgan fingerprint density at radius 2 is 1.95 bits per heavy atom. The van der Waals surface area contributed by atoms with E-state index >= 15 is 0 Å². The van der Waals surface area contributed by atoms with Gasteiger partial charge in [0, 0.05) is 24.6 Å². The van der Waals surface area contributed by atoms with Crippen LogP contribution in [0.2, 0.25) is 0 Å². The van der Waals surface area contributed by atoms with Gasteiger partial charge in [0.2, 0.25) is 0 Å². The topological polar surface area (TPSA) is 67.1 Å². The number of hydrogen-bond donors (Lipinski definition) is 2. The molecule has 20 heavy (non-hydrogen) atoms. The van der Waals surface area contributed by atoms with Crippen LogP contribution in [0.15, 0.2) is 6.07 Å². The fourth-order valence-corrected chi connectivity index (χ4v) is 3.94. The third-order valence-electron chi connectivity index (χ3n) is 5.11. The summed E-state index contributed by atoms with van der Waals surface area (Å²) in [7, 11) is 0. The summed E-state index contributed by atoms with van der Waals surface area (Å²) in [6, 6.07) is 2.71. The van der Waals surface area contributed by atoms with Crippen LogP contribution in [-0.2, 0) is 0 Å². The highest BCUT2D eigenvalue weighted by Crippen LogP contribution is 2.41. The molecule has 3 N–H and O–H groups in total. The SMILES string of the molecule is NNc1cc(N2CCCC3CCCC32)nc(C2CC2)n1. The maximum absolute atomic E-state index is 5.59. The number of nitrogens with one attached hydrogen (secondary N) is 1. The second-order valence-electron chi connectivity index (χ2n) is 6.48. The molecule has 2 atom stereocenters. The lowest BCUT2D eigenvalue weighted by Crippen LogP contribution is -2.43. The number of piperidine rings is 1. The molecule has 2 saturated carbocycles. The molecule has 1 aliphatic heterocycles. The summed E-state index contributed by atoms with van der Waals surface area (Å²) in [4.78, 5) is 11.9. The second-order valence-corrected chi connectivity index (χ2v) is 6.48. The molecule has 5 nitrogen and oxygen atoms in total. The van der Waals surface area contributed by atoms with Crippen LogP contribution < -0.4 is 16.2 Å². The Balaban J connectivity index is 1.67. The van der Waals surface area contributed by atoms with Gasteiger partial charge >= 0.3 is 0 Å². The molecule has 108 valence electrons. The lowest BCUT2D eigenvalue weighted by Gasteiger charge is -2.38. The first-order chi connectivity index (χ1) is 9.85. The number of rotatable bonds is 3. The number of hydrogen-bond acceptors (Lipinski definition) is 5. The molecule has 0 aromatic carbocycles. The Morgan fingerprint density at radius 1 is 1.10 bits per heavy atom. The molecule has 4 rings (SSSR count). The Labute approximate surface area is 119 Å². The molecule has 0 bridgehead atoms. The Hall–Kier alpha value is -1.36. The van der Waals surface area contributed by atoms with Gasteiger partial charge in [-0.3, -0.25) is 0 Å². The largest absolute Gasteiger partial charge is 0.353 e. The van der Waals surface area contributed by atoms with Crippen LogP contribution in [0.25, 0.3) is 0 Å². The van der Waals surface area contributed by atoms with E-state index in [0.29, 0.717) is 12.0 Å². The number of nitrogens with zero attached hydrogens (tertiary/aromatic N) is 3. The van der Waals surface area contributed by atoms with Gasteiger partial charge in [-0.1, -0.05) is 6.42 Å². The molecule has 2 unspecified atom stereocenters. The van der Waals surface area contributed by atoms with Crippen molar-refractivity contribution in [2.45, 2.75) is 56.9 Å². The van der Waals surface area contributed by atoms with Crippen molar-refractivity contribution in [2.75, 3.05) is 16.9 Å². The maximum atomic E-state index is 5.59. The minimum Gasteiger partial charge on any atom is -0.353 e. The first-order valence-electron chi connectivity index (χ1n) is 7.97. The predicted molar refractivity (Wildman–Crippen MR) is 79.5 cm³/mol. The zero-order valence-corrected chi connectivity index (χ0v) is 11.9. The van der Waals surface area contributed by atoms with Gasteiger partial charge in [0.25, 0.3) is 0 Å². The van der Waals surface area contributed by atoms with Gasteiger partial charge in [0.1, 0.15) is 17.5 Å². The lowest BCUT2D eigenvalue weighted by atomic mass is 9.92. The second kappa shape index (κ2) is 4.88. The highest BCUT2D eigenvalue weighted by atomic mass is 15.3. The van der Waals surface area contributed by atoms with E-state index in [-0.39, 0.29) is 0 Å². The number of nitrogen functional groups attached to an aromatic ring is 1. The summed E-state index contributed by atoms with van der Waals surface area (Å²) >= 11 is 0. The van der Waals surface area contributed by atoms with Crippen molar-refractivity contribution in [3.63, 3.8) is 0 Å². The first-order valence-corrected chi connectivity index (χ1v) is 7.97. The molecule has 1 aromatic heterocycles. The van der Waals surface area contributed by atoms with Crippen molar-refractivity contribution in [1.82, 2.24) is 9.97 Å². The summed E-state index contributed by atoms with van der Waals surface area (Å²) in [5.74, 6) is 9.85. The van der Waals surface area contributed by atoms with Gasteiger partial charge in [0.05, 0.1) is 0 Å². The van der Waals surface area contributed by atoms with Crippen LogP contribution in [0.3, 0.4) is 0 Å². The quantitative estimate of drug-likeness (QED) is 0.654. The van der Waals surface area contributed by atoms with Crippen molar-refractivity contribution in [3.8, 4) is 0 Å². The summed E-state index contributed by atoms with van der Waals surface area (Å²) in [6.07, 6.45) is 9.20. The van der Waals surface area contributed by atoms with Crippen molar-refractivity contribution >= 4 is 11.6 Å². The molecule has 0 amide bonds. The van der Waals surface area contributed by atoms with Gasteiger partial charge in [0.15, 0.2) is 0 Å². The molecule has 1 saturated heterocycles. The van der Waals surface area contributed by atoms with Crippen LogP contribution in [0.4, 0.5) is 11.6 Å². The first kappa shape index (κ1) is 12.4. The lowest BCUT2D eigenvalue weighted by molar-refractivity contribution is 0.360. The number of anilines is 2. The van der Waals surface area contributed by atoms with Crippen LogP contribution in [0.5, 0.6) is 0 Å². The van der Waals surface area contributed by atoms with Crippen molar-refractivity contribution in [1.29, 1.82) is 0 Å². The molecule has 2 heterocycles. The highest BCUT2D eigenvalue weighted by molar-refractivity contribution is 5.50. The van der Waals surface area contributed by atoms with E-state index in [2.05, 4.69) is 15.3 Å². The predicted octanol–water partition coefficient (Wildman–Crippen LogP) is 2.41. The van der Waals surface area contributed by atoms with E-state index in [4.69, 9.17) is 10.8 Å². The highest BCUT2D eigenvalue weighted by Gasteiger charge is 2.36. The van der Waals surface area contributed by atoms with Gasteiger partial charge < -0.3 is 10.3 Å². The Kier molecular flexibility index (Phi) is 3.02. The van der Waals surface area contributed by atoms with Crippen molar-refractivity contribution in [2.24, 2.45) is 11.8 Å². The van der Waals surface area contributed by atoms with Gasteiger partial charge in [-0.15, -0.1) is 0 Å². The summed E-state index contributed by atoms with van der Waals surface area (Å²) < 4.78 is 0. The number of aromatic nitrogens is 2. The molecule has 2 aliphatic carbocycles. The van der Waals surface area contributed by atoms with Gasteiger partial charge in [-0.25, -0.2) is 15.8 Å². The monoisotopic (exact) mass is 273 g/mol. The van der Waals surface area contributed by atoms with Crippen LogP contribution in [0.1, 0.15) is 56.7 Å². The number of fused-ring (bicyclic) bond motifs is 1. The van der Waals surface area contributed by atoms with E-state index < -0.39 is 0 Å². The van der Waals surface area contributed by atoms with Gasteiger partial charge in [-0.05, 0) is 44.4 Å². The van der Waals surface area contributed by atoms with Crippen molar-refractivity contribution in [3.05, 3.63) is 11.9 Å². The molecular weight excluding hydrogens is 250 g/mol. The minimum absolute atomic E-state index is 0.561. The van der Waals surface area contributed by atoms with E-state index in [9.17, 15) is 0 Å². The Morgan fingerprint density at radius 3 is 2.75 bits per heavy atom. The molecule has 3 aliphatic rings. The normalized spacial score (nSPS) is 29.4. The molecule has 3 fully saturated rings. The van der Waals surface area contributed by atoms with E-state index in [1.165, 1.54) is 44.9 Å². The summed E-state index contributed by atoms with van der Waals surface area (Å²) in [6.45, 7) is 1.13. The zero-order chi connectivity index (χ0) is 13.5. The van der Waals surface area contributed by atoms with Gasteiger partial charge in [-0.2, -0.15) is 0 Å². The minimum atomic E-state index is 0.561. The van der Waals surface area contributed by atoms with E-state index in [0.717, 1.165) is 29.9 Å². The average Bonchev–Trinajstić information content (AvgIpc) is 3.23.